The number of ether oxygens (including phenoxy) is 4. The molecular weight excluding hydrogens is 334 g/mol. The Balaban J connectivity index is 2.13. The standard InChI is InChI=1S/C19H21N3O4/c1-12-8-14(6-7-16(12)23-2)22-15(11-20-21-22)13-9-17(24-3)19(26-5)18(10-13)25-4/h6-11H,1-5H3. The number of rotatable bonds is 6. The molecule has 0 aliphatic carbocycles. The lowest BCUT2D eigenvalue weighted by molar-refractivity contribution is 0.324. The number of aromatic nitrogens is 3. The molecular formula is C19H21N3O4. The maximum Gasteiger partial charge on any atom is 0.203 e. The second-order valence-electron chi connectivity index (χ2n) is 5.60. The van der Waals surface area contributed by atoms with E-state index in [1.165, 1.54) is 0 Å². The second-order valence-corrected chi connectivity index (χ2v) is 5.60. The highest BCUT2D eigenvalue weighted by Gasteiger charge is 2.17. The Bertz CT molecular complexity index is 896. The van der Waals surface area contributed by atoms with Gasteiger partial charge in [0.1, 0.15) is 5.75 Å². The monoisotopic (exact) mass is 355 g/mol. The molecule has 26 heavy (non-hydrogen) atoms. The van der Waals surface area contributed by atoms with Crippen LogP contribution in [0.3, 0.4) is 0 Å². The molecule has 7 nitrogen and oxygen atoms in total. The van der Waals surface area contributed by atoms with Crippen molar-refractivity contribution in [2.24, 2.45) is 0 Å². The molecule has 0 aliphatic heterocycles. The summed E-state index contributed by atoms with van der Waals surface area (Å²) >= 11 is 0. The van der Waals surface area contributed by atoms with Gasteiger partial charge in [0, 0.05) is 5.56 Å². The second kappa shape index (κ2) is 7.35. The van der Waals surface area contributed by atoms with E-state index in [2.05, 4.69) is 10.3 Å². The molecule has 0 N–H and O–H groups in total. The third-order valence-electron chi connectivity index (χ3n) is 4.13. The highest BCUT2D eigenvalue weighted by molar-refractivity contribution is 5.69. The molecule has 1 heterocycles. The predicted molar refractivity (Wildman–Crippen MR) is 97.7 cm³/mol. The van der Waals surface area contributed by atoms with Crippen LogP contribution in [0.2, 0.25) is 0 Å². The molecule has 0 unspecified atom stereocenters. The van der Waals surface area contributed by atoms with Crippen molar-refractivity contribution < 1.29 is 18.9 Å². The molecule has 0 radical (unpaired) electrons. The number of nitrogens with zero attached hydrogens (tertiary/aromatic N) is 3. The maximum atomic E-state index is 5.44. The molecule has 3 aromatic rings. The van der Waals surface area contributed by atoms with Gasteiger partial charge in [0.2, 0.25) is 5.75 Å². The zero-order valence-corrected chi connectivity index (χ0v) is 15.4. The van der Waals surface area contributed by atoms with Gasteiger partial charge in [-0.3, -0.25) is 0 Å². The SMILES string of the molecule is COc1ccc(-n2nncc2-c2cc(OC)c(OC)c(OC)c2)cc1C. The summed E-state index contributed by atoms with van der Waals surface area (Å²) in [7, 11) is 6.40. The Hall–Kier alpha value is -3.22. The van der Waals surface area contributed by atoms with Crippen LogP contribution in [0.4, 0.5) is 0 Å². The number of hydrogen-bond donors (Lipinski definition) is 0. The molecule has 0 saturated heterocycles. The smallest absolute Gasteiger partial charge is 0.203 e. The normalized spacial score (nSPS) is 10.5. The first kappa shape index (κ1) is 17.6. The Labute approximate surface area is 152 Å². The van der Waals surface area contributed by atoms with E-state index in [1.54, 1.807) is 39.3 Å². The summed E-state index contributed by atoms with van der Waals surface area (Å²) in [4.78, 5) is 0. The van der Waals surface area contributed by atoms with Crippen LogP contribution in [0.15, 0.2) is 36.5 Å². The molecule has 7 heteroatoms. The van der Waals surface area contributed by atoms with E-state index in [4.69, 9.17) is 18.9 Å². The molecule has 0 bridgehead atoms. The number of hydrogen-bond acceptors (Lipinski definition) is 6. The van der Waals surface area contributed by atoms with Crippen LogP contribution in [-0.4, -0.2) is 43.4 Å². The Kier molecular flexibility index (Phi) is 4.97. The zero-order chi connectivity index (χ0) is 18.7. The number of benzene rings is 2. The molecule has 0 aliphatic rings. The van der Waals surface area contributed by atoms with Gasteiger partial charge >= 0.3 is 0 Å². The molecule has 0 atom stereocenters. The van der Waals surface area contributed by atoms with Crippen LogP contribution >= 0.6 is 0 Å². The van der Waals surface area contributed by atoms with E-state index < -0.39 is 0 Å². The first-order valence-electron chi connectivity index (χ1n) is 7.99. The minimum atomic E-state index is 0.540. The van der Waals surface area contributed by atoms with Gasteiger partial charge in [0.25, 0.3) is 0 Å². The van der Waals surface area contributed by atoms with Crippen molar-refractivity contribution in [3.8, 4) is 39.9 Å². The van der Waals surface area contributed by atoms with Gasteiger partial charge in [-0.1, -0.05) is 5.21 Å². The summed E-state index contributed by atoms with van der Waals surface area (Å²) in [5.74, 6) is 2.50. The molecule has 0 amide bonds. The molecule has 0 fully saturated rings. The predicted octanol–water partition coefficient (Wildman–Crippen LogP) is 3.28. The van der Waals surface area contributed by atoms with Gasteiger partial charge in [-0.25, -0.2) is 4.68 Å². The topological polar surface area (TPSA) is 67.6 Å². The van der Waals surface area contributed by atoms with Crippen molar-refractivity contribution in [2.75, 3.05) is 28.4 Å². The van der Waals surface area contributed by atoms with E-state index in [9.17, 15) is 0 Å². The summed E-state index contributed by atoms with van der Waals surface area (Å²) in [5, 5.41) is 8.30. The van der Waals surface area contributed by atoms with Crippen molar-refractivity contribution in [1.82, 2.24) is 15.0 Å². The maximum absolute atomic E-state index is 5.44. The number of methoxy groups -OCH3 is 4. The highest BCUT2D eigenvalue weighted by atomic mass is 16.5. The van der Waals surface area contributed by atoms with Gasteiger partial charge in [-0.05, 0) is 42.8 Å². The van der Waals surface area contributed by atoms with E-state index in [-0.39, 0.29) is 0 Å². The van der Waals surface area contributed by atoms with E-state index in [0.717, 1.165) is 28.3 Å². The summed E-state index contributed by atoms with van der Waals surface area (Å²) in [6.45, 7) is 1.98. The molecule has 3 rings (SSSR count). The Morgan fingerprint density at radius 2 is 1.46 bits per heavy atom. The highest BCUT2D eigenvalue weighted by Crippen LogP contribution is 2.41. The molecule has 2 aromatic carbocycles. The van der Waals surface area contributed by atoms with Crippen molar-refractivity contribution in [2.45, 2.75) is 6.92 Å². The zero-order valence-electron chi connectivity index (χ0n) is 15.4. The summed E-state index contributed by atoms with van der Waals surface area (Å²) in [5.41, 5.74) is 3.53. The van der Waals surface area contributed by atoms with E-state index in [1.807, 2.05) is 37.3 Å². The quantitative estimate of drug-likeness (QED) is 0.676. The molecule has 0 saturated carbocycles. The lowest BCUT2D eigenvalue weighted by Crippen LogP contribution is -2.01. The van der Waals surface area contributed by atoms with Crippen LogP contribution < -0.4 is 18.9 Å². The number of aryl methyl sites for hydroxylation is 1. The Morgan fingerprint density at radius 1 is 0.808 bits per heavy atom. The third kappa shape index (κ3) is 3.03. The minimum Gasteiger partial charge on any atom is -0.496 e. The average molecular weight is 355 g/mol. The van der Waals surface area contributed by atoms with Gasteiger partial charge in [0.05, 0.1) is 46.0 Å². The lowest BCUT2D eigenvalue weighted by atomic mass is 10.1. The first-order chi connectivity index (χ1) is 12.6. The fourth-order valence-corrected chi connectivity index (χ4v) is 2.85. The van der Waals surface area contributed by atoms with Crippen molar-refractivity contribution in [3.63, 3.8) is 0 Å². The van der Waals surface area contributed by atoms with Crippen LogP contribution in [0.5, 0.6) is 23.0 Å². The van der Waals surface area contributed by atoms with Crippen LogP contribution in [-0.2, 0) is 0 Å². The van der Waals surface area contributed by atoms with Crippen LogP contribution in [0.1, 0.15) is 5.56 Å². The van der Waals surface area contributed by atoms with Crippen molar-refractivity contribution in [1.29, 1.82) is 0 Å². The van der Waals surface area contributed by atoms with Crippen molar-refractivity contribution >= 4 is 0 Å². The lowest BCUT2D eigenvalue weighted by Gasteiger charge is -2.15. The fraction of sp³-hybridized carbons (Fsp3) is 0.263. The van der Waals surface area contributed by atoms with Gasteiger partial charge in [0.15, 0.2) is 11.5 Å². The Morgan fingerprint density at radius 3 is 2.00 bits per heavy atom. The molecule has 0 spiro atoms. The van der Waals surface area contributed by atoms with E-state index >= 15 is 0 Å². The largest absolute Gasteiger partial charge is 0.496 e. The fourth-order valence-electron chi connectivity index (χ4n) is 2.85. The van der Waals surface area contributed by atoms with Crippen molar-refractivity contribution in [3.05, 3.63) is 42.1 Å². The van der Waals surface area contributed by atoms with Gasteiger partial charge < -0.3 is 18.9 Å². The van der Waals surface area contributed by atoms with Crippen LogP contribution in [0, 0.1) is 6.92 Å². The average Bonchev–Trinajstić information content (AvgIpc) is 3.16. The molecule has 1 aromatic heterocycles. The molecule has 136 valence electrons. The van der Waals surface area contributed by atoms with E-state index in [0.29, 0.717) is 17.2 Å². The van der Waals surface area contributed by atoms with Gasteiger partial charge in [-0.2, -0.15) is 0 Å². The first-order valence-corrected chi connectivity index (χ1v) is 7.99. The summed E-state index contributed by atoms with van der Waals surface area (Å²) in [6, 6.07) is 9.57. The minimum absolute atomic E-state index is 0.540. The third-order valence-corrected chi connectivity index (χ3v) is 4.13. The summed E-state index contributed by atoms with van der Waals surface area (Å²) in [6.07, 6.45) is 1.69. The van der Waals surface area contributed by atoms with Gasteiger partial charge in [-0.15, -0.1) is 5.10 Å². The summed E-state index contributed by atoms with van der Waals surface area (Å²) < 4.78 is 23.3. The van der Waals surface area contributed by atoms with Crippen LogP contribution in [0.25, 0.3) is 16.9 Å².